The summed E-state index contributed by atoms with van der Waals surface area (Å²) in [6.07, 6.45) is 2.73. The molecule has 0 fully saturated rings. The molecule has 1 atom stereocenters. The number of aliphatic hydroxyl groups is 1. The predicted octanol–water partition coefficient (Wildman–Crippen LogP) is 4.13. The van der Waals surface area contributed by atoms with Gasteiger partial charge in [0.1, 0.15) is 5.52 Å². The predicted molar refractivity (Wildman–Crippen MR) is 81.7 cm³/mol. The molecule has 3 aromatic rings. The first kappa shape index (κ1) is 13.8. The van der Waals surface area contributed by atoms with Crippen molar-refractivity contribution in [3.8, 4) is 11.6 Å². The monoisotopic (exact) mass is 300 g/mol. The normalized spacial score (nSPS) is 12.3. The van der Waals surface area contributed by atoms with Crippen LogP contribution in [0.1, 0.15) is 18.6 Å². The van der Waals surface area contributed by atoms with Gasteiger partial charge in [-0.05, 0) is 42.8 Å². The first-order valence-corrected chi connectivity index (χ1v) is 6.88. The summed E-state index contributed by atoms with van der Waals surface area (Å²) in [6, 6.07) is 10.7. The molecule has 0 saturated heterocycles. The van der Waals surface area contributed by atoms with Crippen LogP contribution in [0.4, 0.5) is 0 Å². The van der Waals surface area contributed by atoms with Crippen LogP contribution in [-0.4, -0.2) is 15.1 Å². The number of benzene rings is 1. The van der Waals surface area contributed by atoms with Crippen molar-refractivity contribution in [3.63, 3.8) is 0 Å². The van der Waals surface area contributed by atoms with Crippen LogP contribution in [0.5, 0.6) is 11.6 Å². The molecular weight excluding hydrogens is 288 g/mol. The number of nitrogens with zero attached hydrogens (tertiary/aromatic N) is 2. The maximum atomic E-state index is 9.47. The summed E-state index contributed by atoms with van der Waals surface area (Å²) in [7, 11) is 0. The summed E-state index contributed by atoms with van der Waals surface area (Å²) in [5, 5.41) is 10.9. The molecule has 0 aliphatic heterocycles. The number of fused-ring (bicyclic) bond motifs is 1. The Kier molecular flexibility index (Phi) is 3.73. The van der Waals surface area contributed by atoms with Crippen LogP contribution in [-0.2, 0) is 0 Å². The second-order valence-electron chi connectivity index (χ2n) is 4.65. The van der Waals surface area contributed by atoms with E-state index in [9.17, 15) is 5.11 Å². The van der Waals surface area contributed by atoms with Gasteiger partial charge in [-0.15, -0.1) is 0 Å². The molecular formula is C16H13ClN2O2. The molecule has 106 valence electrons. The van der Waals surface area contributed by atoms with E-state index in [0.717, 1.165) is 10.9 Å². The van der Waals surface area contributed by atoms with E-state index >= 15 is 0 Å². The number of pyridine rings is 2. The first-order chi connectivity index (χ1) is 10.1. The van der Waals surface area contributed by atoms with Crippen LogP contribution >= 0.6 is 11.6 Å². The molecule has 1 unspecified atom stereocenters. The topological polar surface area (TPSA) is 55.2 Å². The molecule has 0 amide bonds. The van der Waals surface area contributed by atoms with Crippen LogP contribution < -0.4 is 4.74 Å². The lowest BCUT2D eigenvalue weighted by atomic mass is 10.2. The molecule has 3 rings (SSSR count). The number of hydrogen-bond acceptors (Lipinski definition) is 4. The van der Waals surface area contributed by atoms with E-state index in [2.05, 4.69) is 9.97 Å². The number of aromatic nitrogens is 2. The van der Waals surface area contributed by atoms with Crippen LogP contribution in [0.15, 0.2) is 48.8 Å². The third kappa shape index (κ3) is 2.82. The summed E-state index contributed by atoms with van der Waals surface area (Å²) >= 11 is 6.15. The van der Waals surface area contributed by atoms with Gasteiger partial charge < -0.3 is 9.84 Å². The maximum absolute atomic E-state index is 9.47. The highest BCUT2D eigenvalue weighted by atomic mass is 35.5. The molecule has 1 aromatic carbocycles. The zero-order chi connectivity index (χ0) is 14.8. The SMILES string of the molecule is CC(O)c1ccc(Oc2ccc(Cl)c3cccnc23)nc1. The van der Waals surface area contributed by atoms with E-state index in [0.29, 0.717) is 22.2 Å². The van der Waals surface area contributed by atoms with Crippen LogP contribution in [0.3, 0.4) is 0 Å². The number of aliphatic hydroxyl groups excluding tert-OH is 1. The van der Waals surface area contributed by atoms with E-state index in [1.54, 1.807) is 43.6 Å². The van der Waals surface area contributed by atoms with Crippen molar-refractivity contribution in [3.05, 3.63) is 59.4 Å². The van der Waals surface area contributed by atoms with Crippen molar-refractivity contribution in [2.45, 2.75) is 13.0 Å². The zero-order valence-electron chi connectivity index (χ0n) is 11.3. The molecule has 0 spiro atoms. The second kappa shape index (κ2) is 5.68. The van der Waals surface area contributed by atoms with Gasteiger partial charge in [0.25, 0.3) is 0 Å². The molecule has 2 aromatic heterocycles. The Balaban J connectivity index is 1.96. The highest BCUT2D eigenvalue weighted by Crippen LogP contribution is 2.32. The summed E-state index contributed by atoms with van der Waals surface area (Å²) < 4.78 is 5.77. The van der Waals surface area contributed by atoms with Crippen molar-refractivity contribution >= 4 is 22.5 Å². The van der Waals surface area contributed by atoms with Gasteiger partial charge in [-0.2, -0.15) is 0 Å². The number of halogens is 1. The van der Waals surface area contributed by atoms with Gasteiger partial charge in [0.05, 0.1) is 11.1 Å². The summed E-state index contributed by atoms with van der Waals surface area (Å²) in [4.78, 5) is 8.49. The van der Waals surface area contributed by atoms with E-state index < -0.39 is 6.10 Å². The van der Waals surface area contributed by atoms with Gasteiger partial charge >= 0.3 is 0 Å². The van der Waals surface area contributed by atoms with Crippen molar-refractivity contribution in [2.75, 3.05) is 0 Å². The average molecular weight is 301 g/mol. The molecule has 0 aliphatic rings. The van der Waals surface area contributed by atoms with E-state index in [1.807, 2.05) is 12.1 Å². The number of ether oxygens (including phenoxy) is 1. The summed E-state index contributed by atoms with van der Waals surface area (Å²) in [5.41, 5.74) is 1.42. The fourth-order valence-corrected chi connectivity index (χ4v) is 2.22. The van der Waals surface area contributed by atoms with Crippen LogP contribution in [0.2, 0.25) is 5.02 Å². The van der Waals surface area contributed by atoms with Crippen molar-refractivity contribution in [1.82, 2.24) is 9.97 Å². The lowest BCUT2D eigenvalue weighted by Crippen LogP contribution is -1.94. The zero-order valence-corrected chi connectivity index (χ0v) is 12.1. The number of rotatable bonds is 3. The average Bonchev–Trinajstić information content (AvgIpc) is 2.51. The lowest BCUT2D eigenvalue weighted by molar-refractivity contribution is 0.198. The number of hydrogen-bond donors (Lipinski definition) is 1. The van der Waals surface area contributed by atoms with Gasteiger partial charge in [0, 0.05) is 23.8 Å². The molecule has 0 aliphatic carbocycles. The van der Waals surface area contributed by atoms with Gasteiger partial charge in [-0.25, -0.2) is 4.98 Å². The Bertz CT molecular complexity index is 773. The fourth-order valence-electron chi connectivity index (χ4n) is 2.01. The Morgan fingerprint density at radius 2 is 2.00 bits per heavy atom. The first-order valence-electron chi connectivity index (χ1n) is 6.50. The standard InChI is InChI=1S/C16H13ClN2O2/c1-10(20)11-4-7-15(19-9-11)21-14-6-5-13(17)12-3-2-8-18-16(12)14/h2-10,20H,1H3. The van der Waals surface area contributed by atoms with Crippen LogP contribution in [0.25, 0.3) is 10.9 Å². The minimum absolute atomic E-state index is 0.439. The van der Waals surface area contributed by atoms with Gasteiger partial charge in [0.2, 0.25) is 5.88 Å². The van der Waals surface area contributed by atoms with E-state index in [4.69, 9.17) is 16.3 Å². The van der Waals surface area contributed by atoms with Gasteiger partial charge in [-0.3, -0.25) is 4.98 Å². The molecule has 0 radical (unpaired) electrons. The molecule has 4 nitrogen and oxygen atoms in total. The minimum atomic E-state index is -0.551. The second-order valence-corrected chi connectivity index (χ2v) is 5.06. The third-order valence-electron chi connectivity index (χ3n) is 3.14. The van der Waals surface area contributed by atoms with Crippen LogP contribution in [0, 0.1) is 0 Å². The molecule has 0 bridgehead atoms. The Labute approximate surface area is 127 Å². The minimum Gasteiger partial charge on any atom is -0.437 e. The highest BCUT2D eigenvalue weighted by Gasteiger charge is 2.09. The summed E-state index contributed by atoms with van der Waals surface area (Å²) in [6.45, 7) is 1.69. The van der Waals surface area contributed by atoms with E-state index in [1.165, 1.54) is 0 Å². The molecule has 2 heterocycles. The molecule has 21 heavy (non-hydrogen) atoms. The smallest absolute Gasteiger partial charge is 0.219 e. The Morgan fingerprint density at radius 3 is 2.71 bits per heavy atom. The molecule has 5 heteroatoms. The third-order valence-corrected chi connectivity index (χ3v) is 3.47. The fraction of sp³-hybridized carbons (Fsp3) is 0.125. The highest BCUT2D eigenvalue weighted by molar-refractivity contribution is 6.35. The molecule has 0 saturated carbocycles. The quantitative estimate of drug-likeness (QED) is 0.790. The van der Waals surface area contributed by atoms with Crippen molar-refractivity contribution in [1.29, 1.82) is 0 Å². The largest absolute Gasteiger partial charge is 0.437 e. The molecule has 1 N–H and O–H groups in total. The maximum Gasteiger partial charge on any atom is 0.219 e. The van der Waals surface area contributed by atoms with E-state index in [-0.39, 0.29) is 0 Å². The lowest BCUT2D eigenvalue weighted by Gasteiger charge is -2.09. The Morgan fingerprint density at radius 1 is 1.14 bits per heavy atom. The van der Waals surface area contributed by atoms with Crippen molar-refractivity contribution < 1.29 is 9.84 Å². The van der Waals surface area contributed by atoms with Gasteiger partial charge in [-0.1, -0.05) is 11.6 Å². The van der Waals surface area contributed by atoms with Crippen molar-refractivity contribution in [2.24, 2.45) is 0 Å². The summed E-state index contributed by atoms with van der Waals surface area (Å²) in [5.74, 6) is 1.03. The van der Waals surface area contributed by atoms with Gasteiger partial charge in [0.15, 0.2) is 5.75 Å². The Hall–Kier alpha value is -2.17.